The van der Waals surface area contributed by atoms with Gasteiger partial charge < -0.3 is 15.8 Å². The zero-order valence-electron chi connectivity index (χ0n) is 12.1. The number of ether oxygens (including phenoxy) is 1. The molecule has 2 aromatic rings. The van der Waals surface area contributed by atoms with Crippen molar-refractivity contribution in [3.05, 3.63) is 59.7 Å². The van der Waals surface area contributed by atoms with Gasteiger partial charge in [-0.2, -0.15) is 0 Å². The van der Waals surface area contributed by atoms with Gasteiger partial charge in [-0.3, -0.25) is 4.79 Å². The highest BCUT2D eigenvalue weighted by Gasteiger charge is 2.09. The number of nitrogens with one attached hydrogen (secondary N) is 1. The van der Waals surface area contributed by atoms with Gasteiger partial charge in [-0.25, -0.2) is 0 Å². The van der Waals surface area contributed by atoms with Gasteiger partial charge in [-0.05, 0) is 30.2 Å². The molecule has 1 amide bonds. The van der Waals surface area contributed by atoms with Gasteiger partial charge >= 0.3 is 0 Å². The third kappa shape index (κ3) is 4.24. The predicted molar refractivity (Wildman–Crippen MR) is 84.3 cm³/mol. The van der Waals surface area contributed by atoms with Gasteiger partial charge in [0.2, 0.25) is 0 Å². The minimum atomic E-state index is -0.110. The number of hydrogen-bond acceptors (Lipinski definition) is 3. The lowest BCUT2D eigenvalue weighted by atomic mass is 10.1. The maximum Gasteiger partial charge on any atom is 0.251 e. The Balaban J connectivity index is 2.06. The van der Waals surface area contributed by atoms with Crippen LogP contribution >= 0.6 is 0 Å². The maximum absolute atomic E-state index is 11.9. The third-order valence-electron chi connectivity index (χ3n) is 3.05. The first-order valence-corrected chi connectivity index (χ1v) is 7.05. The fourth-order valence-corrected chi connectivity index (χ4v) is 1.88. The standard InChI is InChI=1S/C17H20N2O2/c1-2-10-19-17(20)14-8-9-15(18)16(11-14)21-12-13-6-4-3-5-7-13/h3-9,11H,2,10,12,18H2,1H3,(H,19,20). The van der Waals surface area contributed by atoms with Crippen molar-refractivity contribution in [3.8, 4) is 5.75 Å². The van der Waals surface area contributed by atoms with Crippen molar-refractivity contribution in [2.75, 3.05) is 12.3 Å². The summed E-state index contributed by atoms with van der Waals surface area (Å²) in [6, 6.07) is 14.9. The van der Waals surface area contributed by atoms with Gasteiger partial charge in [0.15, 0.2) is 0 Å². The Morgan fingerprint density at radius 1 is 1.19 bits per heavy atom. The Morgan fingerprint density at radius 2 is 1.95 bits per heavy atom. The van der Waals surface area contributed by atoms with Crippen LogP contribution in [0.1, 0.15) is 29.3 Å². The van der Waals surface area contributed by atoms with Crippen molar-refractivity contribution < 1.29 is 9.53 Å². The Kier molecular flexibility index (Phi) is 5.21. The van der Waals surface area contributed by atoms with E-state index in [1.807, 2.05) is 37.3 Å². The summed E-state index contributed by atoms with van der Waals surface area (Å²) in [5.74, 6) is 0.421. The molecule has 0 fully saturated rings. The number of benzene rings is 2. The lowest BCUT2D eigenvalue weighted by molar-refractivity contribution is 0.0953. The van der Waals surface area contributed by atoms with Crippen LogP contribution in [0.25, 0.3) is 0 Å². The van der Waals surface area contributed by atoms with Crippen LogP contribution in [0.3, 0.4) is 0 Å². The Morgan fingerprint density at radius 3 is 2.67 bits per heavy atom. The molecule has 4 nitrogen and oxygen atoms in total. The average Bonchev–Trinajstić information content (AvgIpc) is 2.52. The number of nitrogens with two attached hydrogens (primary N) is 1. The number of anilines is 1. The highest BCUT2D eigenvalue weighted by Crippen LogP contribution is 2.23. The molecule has 0 aliphatic carbocycles. The molecule has 0 radical (unpaired) electrons. The topological polar surface area (TPSA) is 64.4 Å². The normalized spacial score (nSPS) is 10.1. The van der Waals surface area contributed by atoms with Gasteiger partial charge in [0.25, 0.3) is 5.91 Å². The highest BCUT2D eigenvalue weighted by molar-refractivity contribution is 5.95. The van der Waals surface area contributed by atoms with Gasteiger partial charge in [0.05, 0.1) is 5.69 Å². The number of hydrogen-bond donors (Lipinski definition) is 2. The second kappa shape index (κ2) is 7.33. The molecule has 0 bridgehead atoms. The zero-order valence-corrected chi connectivity index (χ0v) is 12.1. The third-order valence-corrected chi connectivity index (χ3v) is 3.05. The first-order chi connectivity index (χ1) is 10.2. The molecule has 0 aliphatic heterocycles. The van der Waals surface area contributed by atoms with E-state index in [1.54, 1.807) is 18.2 Å². The fraction of sp³-hybridized carbons (Fsp3) is 0.235. The molecule has 0 atom stereocenters. The minimum Gasteiger partial charge on any atom is -0.487 e. The Labute approximate surface area is 124 Å². The van der Waals surface area contributed by atoms with Gasteiger partial charge in [-0.1, -0.05) is 37.3 Å². The lowest BCUT2D eigenvalue weighted by Crippen LogP contribution is -2.24. The molecule has 0 unspecified atom stereocenters. The fourth-order valence-electron chi connectivity index (χ4n) is 1.88. The Bertz CT molecular complexity index is 597. The van der Waals surface area contributed by atoms with E-state index in [1.165, 1.54) is 0 Å². The highest BCUT2D eigenvalue weighted by atomic mass is 16.5. The number of rotatable bonds is 6. The molecule has 3 N–H and O–H groups in total. The van der Waals surface area contributed by atoms with E-state index >= 15 is 0 Å². The van der Waals surface area contributed by atoms with E-state index in [9.17, 15) is 4.79 Å². The average molecular weight is 284 g/mol. The second-order valence-electron chi connectivity index (χ2n) is 4.78. The number of carbonyl (C=O) groups is 1. The van der Waals surface area contributed by atoms with Crippen molar-refractivity contribution in [2.24, 2.45) is 0 Å². The van der Waals surface area contributed by atoms with Gasteiger partial charge in [0.1, 0.15) is 12.4 Å². The number of carbonyl (C=O) groups excluding carboxylic acids is 1. The molecular weight excluding hydrogens is 264 g/mol. The van der Waals surface area contributed by atoms with Crippen LogP contribution in [-0.2, 0) is 6.61 Å². The summed E-state index contributed by atoms with van der Waals surface area (Å²) in [7, 11) is 0. The van der Waals surface area contributed by atoms with Crippen molar-refractivity contribution in [1.29, 1.82) is 0 Å². The van der Waals surface area contributed by atoms with E-state index in [0.29, 0.717) is 30.2 Å². The molecule has 0 saturated heterocycles. The smallest absolute Gasteiger partial charge is 0.251 e. The number of amides is 1. The van der Waals surface area contributed by atoms with E-state index < -0.39 is 0 Å². The van der Waals surface area contributed by atoms with Crippen LogP contribution in [0, 0.1) is 0 Å². The molecule has 0 aromatic heterocycles. The molecule has 21 heavy (non-hydrogen) atoms. The van der Waals surface area contributed by atoms with E-state index in [-0.39, 0.29) is 5.91 Å². The molecule has 0 saturated carbocycles. The lowest BCUT2D eigenvalue weighted by Gasteiger charge is -2.11. The summed E-state index contributed by atoms with van der Waals surface area (Å²) in [5, 5.41) is 2.83. The first kappa shape index (κ1) is 14.9. The molecule has 4 heteroatoms. The summed E-state index contributed by atoms with van der Waals surface area (Å²) in [6.07, 6.45) is 0.901. The molecule has 2 rings (SSSR count). The summed E-state index contributed by atoms with van der Waals surface area (Å²) in [6.45, 7) is 3.09. The van der Waals surface area contributed by atoms with Crippen LogP contribution in [0.2, 0.25) is 0 Å². The predicted octanol–water partition coefficient (Wildman–Crippen LogP) is 2.99. The molecular formula is C17H20N2O2. The van der Waals surface area contributed by atoms with Gasteiger partial charge in [0, 0.05) is 12.1 Å². The molecule has 0 aliphatic rings. The van der Waals surface area contributed by atoms with Crippen LogP contribution in [0.15, 0.2) is 48.5 Å². The first-order valence-electron chi connectivity index (χ1n) is 7.05. The SMILES string of the molecule is CCCNC(=O)c1ccc(N)c(OCc2ccccc2)c1. The number of nitrogen functional groups attached to an aromatic ring is 1. The summed E-state index contributed by atoms with van der Waals surface area (Å²) >= 11 is 0. The molecule has 110 valence electrons. The van der Waals surface area contributed by atoms with Gasteiger partial charge in [-0.15, -0.1) is 0 Å². The summed E-state index contributed by atoms with van der Waals surface area (Å²) < 4.78 is 5.71. The Hall–Kier alpha value is -2.49. The van der Waals surface area contributed by atoms with Crippen molar-refractivity contribution in [3.63, 3.8) is 0 Å². The monoisotopic (exact) mass is 284 g/mol. The van der Waals surface area contributed by atoms with Crippen LogP contribution in [-0.4, -0.2) is 12.5 Å². The van der Waals surface area contributed by atoms with E-state index in [4.69, 9.17) is 10.5 Å². The van der Waals surface area contributed by atoms with Crippen LogP contribution < -0.4 is 15.8 Å². The van der Waals surface area contributed by atoms with E-state index in [0.717, 1.165) is 12.0 Å². The molecule has 0 heterocycles. The zero-order chi connectivity index (χ0) is 15.1. The van der Waals surface area contributed by atoms with Crippen LogP contribution in [0.4, 0.5) is 5.69 Å². The maximum atomic E-state index is 11.9. The summed E-state index contributed by atoms with van der Waals surface area (Å²) in [4.78, 5) is 11.9. The molecule has 0 spiro atoms. The van der Waals surface area contributed by atoms with E-state index in [2.05, 4.69) is 5.32 Å². The minimum absolute atomic E-state index is 0.110. The second-order valence-corrected chi connectivity index (χ2v) is 4.78. The quantitative estimate of drug-likeness (QED) is 0.801. The van der Waals surface area contributed by atoms with Crippen molar-refractivity contribution in [1.82, 2.24) is 5.32 Å². The van der Waals surface area contributed by atoms with Crippen LogP contribution in [0.5, 0.6) is 5.75 Å². The van der Waals surface area contributed by atoms with Crippen molar-refractivity contribution >= 4 is 11.6 Å². The molecule has 2 aromatic carbocycles. The largest absolute Gasteiger partial charge is 0.487 e. The summed E-state index contributed by atoms with van der Waals surface area (Å²) in [5.41, 5.74) is 8.03. The van der Waals surface area contributed by atoms with Crippen molar-refractivity contribution in [2.45, 2.75) is 20.0 Å².